The van der Waals surface area contributed by atoms with Gasteiger partial charge in [-0.05, 0) is 25.5 Å². The number of amides is 3. The van der Waals surface area contributed by atoms with Crippen molar-refractivity contribution in [1.29, 1.82) is 0 Å². The maximum atomic E-state index is 14.9. The van der Waals surface area contributed by atoms with Gasteiger partial charge >= 0.3 is 12.1 Å². The van der Waals surface area contributed by atoms with Crippen LogP contribution in [0, 0.1) is 0 Å². The SMILES string of the molecule is COCCN(C=O)c1ccccc1-c1ccccc1/C(C)=N/C(=O)[C@@](C)(F)C(=O)NCC(F)(F)C(F)(F)F. The van der Waals surface area contributed by atoms with Crippen molar-refractivity contribution in [2.75, 3.05) is 31.7 Å². The van der Waals surface area contributed by atoms with Gasteiger partial charge in [0.15, 0.2) is 0 Å². The molecule has 3 amide bonds. The molecule has 0 heterocycles. The third-order valence-corrected chi connectivity index (χ3v) is 5.47. The molecule has 13 heteroatoms. The number of hydrogen-bond donors (Lipinski definition) is 1. The van der Waals surface area contributed by atoms with Gasteiger partial charge in [0.1, 0.15) is 0 Å². The van der Waals surface area contributed by atoms with E-state index in [-0.39, 0.29) is 18.9 Å². The van der Waals surface area contributed by atoms with Crippen LogP contribution in [0.25, 0.3) is 11.1 Å². The first-order valence-electron chi connectivity index (χ1n) is 11.1. The fraction of sp³-hybridized carbons (Fsp3) is 0.360. The second-order valence-corrected chi connectivity index (χ2v) is 8.24. The maximum absolute atomic E-state index is 14.9. The first-order chi connectivity index (χ1) is 17.7. The Morgan fingerprint density at radius 2 is 1.58 bits per heavy atom. The van der Waals surface area contributed by atoms with E-state index in [1.54, 1.807) is 42.5 Å². The van der Waals surface area contributed by atoms with E-state index in [0.717, 1.165) is 5.32 Å². The number of alkyl halides is 6. The van der Waals surface area contributed by atoms with E-state index in [0.29, 0.717) is 35.7 Å². The summed E-state index contributed by atoms with van der Waals surface area (Å²) in [6.45, 7) is -0.0381. The maximum Gasteiger partial charge on any atom is 0.455 e. The predicted molar refractivity (Wildman–Crippen MR) is 128 cm³/mol. The van der Waals surface area contributed by atoms with E-state index in [1.165, 1.54) is 25.0 Å². The van der Waals surface area contributed by atoms with Gasteiger partial charge in [-0.15, -0.1) is 0 Å². The van der Waals surface area contributed by atoms with Gasteiger partial charge in [-0.25, -0.2) is 9.38 Å². The van der Waals surface area contributed by atoms with Gasteiger partial charge in [-0.3, -0.25) is 14.4 Å². The summed E-state index contributed by atoms with van der Waals surface area (Å²) >= 11 is 0. The zero-order valence-electron chi connectivity index (χ0n) is 20.6. The number of halogens is 6. The van der Waals surface area contributed by atoms with Gasteiger partial charge in [0.25, 0.3) is 17.5 Å². The van der Waals surface area contributed by atoms with Crippen LogP contribution in [0.5, 0.6) is 0 Å². The molecule has 2 aromatic rings. The molecule has 206 valence electrons. The summed E-state index contributed by atoms with van der Waals surface area (Å²) in [6.07, 6.45) is -5.37. The number of nitrogens with zero attached hydrogens (tertiary/aromatic N) is 2. The Hall–Kier alpha value is -3.74. The molecule has 1 atom stereocenters. The van der Waals surface area contributed by atoms with E-state index in [9.17, 15) is 40.7 Å². The van der Waals surface area contributed by atoms with Crippen LogP contribution >= 0.6 is 0 Å². The number of hydrogen-bond acceptors (Lipinski definition) is 4. The van der Waals surface area contributed by atoms with Crippen LogP contribution < -0.4 is 10.2 Å². The van der Waals surface area contributed by atoms with E-state index >= 15 is 0 Å². The molecule has 0 aromatic heterocycles. The van der Waals surface area contributed by atoms with Crippen LogP contribution in [0.1, 0.15) is 19.4 Å². The molecule has 7 nitrogen and oxygen atoms in total. The summed E-state index contributed by atoms with van der Waals surface area (Å²) in [7, 11) is 1.47. The third-order valence-electron chi connectivity index (χ3n) is 5.47. The summed E-state index contributed by atoms with van der Waals surface area (Å²) in [4.78, 5) is 41.2. The van der Waals surface area contributed by atoms with Crippen LogP contribution in [-0.2, 0) is 19.1 Å². The number of ether oxygens (including phenoxy) is 1. The van der Waals surface area contributed by atoms with Gasteiger partial charge in [0.05, 0.1) is 18.8 Å². The first-order valence-corrected chi connectivity index (χ1v) is 11.1. The van der Waals surface area contributed by atoms with Crippen molar-refractivity contribution in [2.24, 2.45) is 4.99 Å². The average molecular weight is 545 g/mol. The third kappa shape index (κ3) is 6.97. The number of methoxy groups -OCH3 is 1. The van der Waals surface area contributed by atoms with Gasteiger partial charge in [0, 0.05) is 30.5 Å². The number of benzene rings is 2. The lowest BCUT2D eigenvalue weighted by molar-refractivity contribution is -0.278. The minimum Gasteiger partial charge on any atom is -0.383 e. The number of rotatable bonds is 11. The van der Waals surface area contributed by atoms with Crippen molar-refractivity contribution in [1.82, 2.24) is 5.32 Å². The molecule has 1 N–H and O–H groups in total. The predicted octanol–water partition coefficient (Wildman–Crippen LogP) is 4.34. The number of carbonyl (C=O) groups is 3. The Bertz CT molecular complexity index is 1200. The Labute approximate surface area is 214 Å². The zero-order chi connectivity index (χ0) is 28.7. The Morgan fingerprint density at radius 1 is 1.00 bits per heavy atom. The highest BCUT2D eigenvalue weighted by atomic mass is 19.4. The molecule has 0 aliphatic carbocycles. The van der Waals surface area contributed by atoms with E-state index < -0.39 is 36.1 Å². The smallest absolute Gasteiger partial charge is 0.383 e. The summed E-state index contributed by atoms with van der Waals surface area (Å²) in [5.74, 6) is -9.03. The topological polar surface area (TPSA) is 88.1 Å². The number of para-hydroxylation sites is 1. The van der Waals surface area contributed by atoms with E-state index in [1.807, 2.05) is 0 Å². The van der Waals surface area contributed by atoms with Crippen LogP contribution in [0.15, 0.2) is 53.5 Å². The standard InChI is InChI=1S/C25H25F6N3O4/c1-16(33-22(37)23(2,26)21(36)32-14-24(27,28)25(29,30)31)17-8-4-5-9-18(17)19-10-6-7-11-20(19)34(15-35)12-13-38-3/h4-11,15H,12-14H2,1-3H3,(H,32,36)/b33-16+/t23-/m0/s1. The zero-order valence-corrected chi connectivity index (χ0v) is 20.6. The summed E-state index contributed by atoms with van der Waals surface area (Å²) in [6, 6.07) is 13.2. The second kappa shape index (κ2) is 12.2. The molecule has 2 aromatic carbocycles. The van der Waals surface area contributed by atoms with Gasteiger partial charge in [-0.1, -0.05) is 42.5 Å². The Kier molecular flexibility index (Phi) is 9.79. The molecule has 0 bridgehead atoms. The first kappa shape index (κ1) is 30.5. The number of anilines is 1. The van der Waals surface area contributed by atoms with Crippen molar-refractivity contribution in [3.63, 3.8) is 0 Å². The minimum absolute atomic E-state index is 0.0766. The molecule has 2 rings (SSSR count). The largest absolute Gasteiger partial charge is 0.455 e. The quantitative estimate of drug-likeness (QED) is 0.197. The fourth-order valence-corrected chi connectivity index (χ4v) is 3.28. The fourth-order valence-electron chi connectivity index (χ4n) is 3.28. The molecule has 0 aliphatic rings. The summed E-state index contributed by atoms with van der Waals surface area (Å²) in [5.41, 5.74) is -1.78. The number of nitrogens with one attached hydrogen (secondary N) is 1. The molecular weight excluding hydrogens is 520 g/mol. The summed E-state index contributed by atoms with van der Waals surface area (Å²) < 4.78 is 83.1. The highest BCUT2D eigenvalue weighted by Crippen LogP contribution is 2.35. The monoisotopic (exact) mass is 545 g/mol. The van der Waals surface area contributed by atoms with Crippen molar-refractivity contribution in [3.8, 4) is 11.1 Å². The van der Waals surface area contributed by atoms with Crippen molar-refractivity contribution < 1.29 is 45.5 Å². The lowest BCUT2D eigenvalue weighted by Crippen LogP contribution is -2.53. The Morgan fingerprint density at radius 3 is 2.16 bits per heavy atom. The Balaban J connectivity index is 2.39. The van der Waals surface area contributed by atoms with Crippen molar-refractivity contribution >= 4 is 29.6 Å². The second-order valence-electron chi connectivity index (χ2n) is 8.24. The molecule has 0 aliphatic heterocycles. The molecule has 0 saturated heterocycles. The van der Waals surface area contributed by atoms with Crippen LogP contribution in [0.4, 0.5) is 32.0 Å². The van der Waals surface area contributed by atoms with Crippen molar-refractivity contribution in [3.05, 3.63) is 54.1 Å². The van der Waals surface area contributed by atoms with E-state index in [2.05, 4.69) is 4.99 Å². The lowest BCUT2D eigenvalue weighted by Gasteiger charge is -2.23. The average Bonchev–Trinajstić information content (AvgIpc) is 2.87. The number of carbonyl (C=O) groups excluding carboxylic acids is 3. The normalized spacial score (nSPS) is 14.0. The molecule has 0 radical (unpaired) electrons. The van der Waals surface area contributed by atoms with Gasteiger partial charge in [0.2, 0.25) is 6.41 Å². The van der Waals surface area contributed by atoms with Crippen LogP contribution in [0.3, 0.4) is 0 Å². The summed E-state index contributed by atoms with van der Waals surface area (Å²) in [5, 5.41) is 1.12. The highest BCUT2D eigenvalue weighted by Gasteiger charge is 2.58. The lowest BCUT2D eigenvalue weighted by atomic mass is 9.95. The van der Waals surface area contributed by atoms with Crippen LogP contribution in [0.2, 0.25) is 0 Å². The van der Waals surface area contributed by atoms with Crippen LogP contribution in [-0.4, -0.2) is 68.5 Å². The number of aliphatic imine (C=N–C) groups is 1. The highest BCUT2D eigenvalue weighted by molar-refractivity contribution is 6.16. The molecule has 0 saturated carbocycles. The minimum atomic E-state index is -5.98. The van der Waals surface area contributed by atoms with Crippen molar-refractivity contribution in [2.45, 2.75) is 31.6 Å². The molecule has 38 heavy (non-hydrogen) atoms. The van der Waals surface area contributed by atoms with E-state index in [4.69, 9.17) is 4.74 Å². The molecular formula is C25H25F6N3O4. The molecule has 0 spiro atoms. The van der Waals surface area contributed by atoms with Gasteiger partial charge < -0.3 is 15.0 Å². The molecule has 0 unspecified atom stereocenters. The molecule has 0 fully saturated rings. The van der Waals surface area contributed by atoms with Gasteiger partial charge in [-0.2, -0.15) is 22.0 Å².